The Kier molecular flexibility index (Phi) is 6.88. The maximum absolute atomic E-state index is 13.6. The van der Waals surface area contributed by atoms with E-state index in [1.165, 1.54) is 18.1 Å². The van der Waals surface area contributed by atoms with E-state index in [1.54, 1.807) is 36.4 Å². The van der Waals surface area contributed by atoms with Crippen LogP contribution in [-0.2, 0) is 9.59 Å². The molecule has 7 heteroatoms. The number of hydrogen-bond acceptors (Lipinski definition) is 4. The Morgan fingerprint density at radius 2 is 1.64 bits per heavy atom. The Balaban J connectivity index is 1.76. The molecule has 4 rings (SSSR count). The predicted molar refractivity (Wildman–Crippen MR) is 126 cm³/mol. The number of carbonyl (C=O) groups is 3. The van der Waals surface area contributed by atoms with Crippen molar-refractivity contribution in [2.75, 3.05) is 10.2 Å². The second-order valence-electron chi connectivity index (χ2n) is 8.18. The van der Waals surface area contributed by atoms with Gasteiger partial charge in [0.05, 0.1) is 6.26 Å². The van der Waals surface area contributed by atoms with Gasteiger partial charge in [0.2, 0.25) is 11.8 Å². The maximum Gasteiger partial charge on any atom is 0.294 e. The van der Waals surface area contributed by atoms with Crippen LogP contribution in [0.1, 0.15) is 54.8 Å². The maximum atomic E-state index is 13.6. The largest absolute Gasteiger partial charge is 0.459 e. The van der Waals surface area contributed by atoms with E-state index in [-0.39, 0.29) is 23.6 Å². The van der Waals surface area contributed by atoms with Crippen molar-refractivity contribution < 1.29 is 18.8 Å². The summed E-state index contributed by atoms with van der Waals surface area (Å²) in [7, 11) is 0. The Morgan fingerprint density at radius 1 is 0.939 bits per heavy atom. The fraction of sp³-hybridized carbons (Fsp3) is 0.269. The van der Waals surface area contributed by atoms with Gasteiger partial charge in [-0.2, -0.15) is 0 Å². The van der Waals surface area contributed by atoms with Crippen molar-refractivity contribution in [3.63, 3.8) is 0 Å². The van der Waals surface area contributed by atoms with Gasteiger partial charge < -0.3 is 15.1 Å². The van der Waals surface area contributed by atoms with Crippen LogP contribution in [0.3, 0.4) is 0 Å². The van der Waals surface area contributed by atoms with Crippen LogP contribution in [0.25, 0.3) is 0 Å². The van der Waals surface area contributed by atoms with Gasteiger partial charge in [-0.05, 0) is 54.8 Å². The molecule has 1 atom stereocenters. The summed E-state index contributed by atoms with van der Waals surface area (Å²) in [5.41, 5.74) is 1.81. The molecular weight excluding hydrogens is 418 g/mol. The van der Waals surface area contributed by atoms with Gasteiger partial charge in [0.25, 0.3) is 5.91 Å². The van der Waals surface area contributed by atoms with E-state index in [0.29, 0.717) is 16.9 Å². The minimum absolute atomic E-state index is 0.103. The zero-order valence-electron chi connectivity index (χ0n) is 18.5. The lowest BCUT2D eigenvalue weighted by molar-refractivity contribution is -0.123. The average molecular weight is 446 g/mol. The van der Waals surface area contributed by atoms with E-state index in [1.807, 2.05) is 30.3 Å². The van der Waals surface area contributed by atoms with Crippen LogP contribution >= 0.6 is 0 Å². The Bertz CT molecular complexity index is 1090. The molecule has 2 aromatic carbocycles. The second kappa shape index (κ2) is 10.2. The molecule has 0 aliphatic heterocycles. The Labute approximate surface area is 192 Å². The molecule has 0 bridgehead atoms. The van der Waals surface area contributed by atoms with Crippen LogP contribution in [0.4, 0.5) is 11.4 Å². The SMILES string of the molecule is CC(=O)Nc1ccc(N(C(=O)c2ccco2)[C@@H](C(=O)NC2CCCC2)c2ccccc2)cc1. The quantitative estimate of drug-likeness (QED) is 0.552. The molecule has 7 nitrogen and oxygen atoms in total. The molecular formula is C26H27N3O4. The molecule has 170 valence electrons. The van der Waals surface area contributed by atoms with Crippen LogP contribution in [0, 0.1) is 0 Å². The number of amides is 3. The fourth-order valence-electron chi connectivity index (χ4n) is 4.21. The van der Waals surface area contributed by atoms with Crippen molar-refractivity contribution in [2.45, 2.75) is 44.7 Å². The van der Waals surface area contributed by atoms with Crippen LogP contribution in [0.2, 0.25) is 0 Å². The highest BCUT2D eigenvalue weighted by atomic mass is 16.3. The van der Waals surface area contributed by atoms with Gasteiger partial charge in [-0.1, -0.05) is 43.2 Å². The fourth-order valence-corrected chi connectivity index (χ4v) is 4.21. The van der Waals surface area contributed by atoms with E-state index in [2.05, 4.69) is 10.6 Å². The molecule has 1 heterocycles. The molecule has 3 amide bonds. The average Bonchev–Trinajstić information content (AvgIpc) is 3.52. The minimum Gasteiger partial charge on any atom is -0.459 e. The number of hydrogen-bond donors (Lipinski definition) is 2. The molecule has 3 aromatic rings. The lowest BCUT2D eigenvalue weighted by atomic mass is 10.0. The summed E-state index contributed by atoms with van der Waals surface area (Å²) in [4.78, 5) is 40.1. The Morgan fingerprint density at radius 3 is 2.24 bits per heavy atom. The highest BCUT2D eigenvalue weighted by Crippen LogP contribution is 2.31. The summed E-state index contributed by atoms with van der Waals surface area (Å²) in [6.07, 6.45) is 5.47. The smallest absolute Gasteiger partial charge is 0.294 e. The van der Waals surface area contributed by atoms with E-state index >= 15 is 0 Å². The molecule has 1 aliphatic rings. The molecule has 1 aromatic heterocycles. The molecule has 1 fully saturated rings. The summed E-state index contributed by atoms with van der Waals surface area (Å²) in [5.74, 6) is -0.721. The van der Waals surface area contributed by atoms with Crippen molar-refractivity contribution in [1.82, 2.24) is 5.32 Å². The van der Waals surface area contributed by atoms with Gasteiger partial charge in [-0.3, -0.25) is 19.3 Å². The van der Waals surface area contributed by atoms with Crippen LogP contribution in [0.5, 0.6) is 0 Å². The topological polar surface area (TPSA) is 91.7 Å². The normalized spacial score (nSPS) is 14.5. The van der Waals surface area contributed by atoms with Crippen molar-refractivity contribution in [3.05, 3.63) is 84.3 Å². The number of rotatable bonds is 7. The van der Waals surface area contributed by atoms with Crippen molar-refractivity contribution in [1.29, 1.82) is 0 Å². The van der Waals surface area contributed by atoms with Gasteiger partial charge in [-0.15, -0.1) is 0 Å². The Hall–Kier alpha value is -3.87. The third-order valence-corrected chi connectivity index (χ3v) is 5.74. The number of anilines is 2. The molecule has 2 N–H and O–H groups in total. The van der Waals surface area contributed by atoms with Crippen LogP contribution in [-0.4, -0.2) is 23.8 Å². The third-order valence-electron chi connectivity index (χ3n) is 5.74. The first-order chi connectivity index (χ1) is 16.0. The molecule has 1 saturated carbocycles. The summed E-state index contributed by atoms with van der Waals surface area (Å²) >= 11 is 0. The van der Waals surface area contributed by atoms with Gasteiger partial charge in [0.15, 0.2) is 5.76 Å². The van der Waals surface area contributed by atoms with Crippen molar-refractivity contribution >= 4 is 29.1 Å². The number of furan rings is 1. The van der Waals surface area contributed by atoms with Crippen molar-refractivity contribution in [2.24, 2.45) is 0 Å². The van der Waals surface area contributed by atoms with Gasteiger partial charge >= 0.3 is 0 Å². The second-order valence-corrected chi connectivity index (χ2v) is 8.18. The first kappa shape index (κ1) is 22.3. The molecule has 33 heavy (non-hydrogen) atoms. The lowest BCUT2D eigenvalue weighted by Crippen LogP contribution is -2.46. The standard InChI is InChI=1S/C26H27N3O4/c1-18(30)27-21-13-15-22(16-14-21)29(26(32)23-12-7-17-33-23)24(19-8-3-2-4-9-19)25(31)28-20-10-5-6-11-20/h2-4,7-9,12-17,20,24H,5-6,10-11H2,1H3,(H,27,30)(H,28,31)/t24-/m1/s1. The molecule has 0 spiro atoms. The first-order valence-electron chi connectivity index (χ1n) is 11.1. The summed E-state index contributed by atoms with van der Waals surface area (Å²) < 4.78 is 5.39. The molecule has 0 unspecified atom stereocenters. The predicted octanol–water partition coefficient (Wildman–Crippen LogP) is 4.68. The third kappa shape index (κ3) is 5.31. The van der Waals surface area contributed by atoms with E-state index in [4.69, 9.17) is 4.42 Å². The zero-order chi connectivity index (χ0) is 23.2. The highest BCUT2D eigenvalue weighted by molar-refractivity contribution is 6.08. The summed E-state index contributed by atoms with van der Waals surface area (Å²) in [5, 5.41) is 5.86. The van der Waals surface area contributed by atoms with Crippen molar-refractivity contribution in [3.8, 4) is 0 Å². The van der Waals surface area contributed by atoms with Gasteiger partial charge in [-0.25, -0.2) is 0 Å². The first-order valence-corrected chi connectivity index (χ1v) is 11.1. The molecule has 0 saturated heterocycles. The molecule has 0 radical (unpaired) electrons. The van der Waals surface area contributed by atoms with Gasteiger partial charge in [0, 0.05) is 24.3 Å². The van der Waals surface area contributed by atoms with Gasteiger partial charge in [0.1, 0.15) is 6.04 Å². The monoisotopic (exact) mass is 445 g/mol. The minimum atomic E-state index is -0.893. The van der Waals surface area contributed by atoms with Crippen LogP contribution in [0.15, 0.2) is 77.4 Å². The molecule has 1 aliphatic carbocycles. The van der Waals surface area contributed by atoms with E-state index in [9.17, 15) is 14.4 Å². The lowest BCUT2D eigenvalue weighted by Gasteiger charge is -2.32. The van der Waals surface area contributed by atoms with Crippen LogP contribution < -0.4 is 15.5 Å². The summed E-state index contributed by atoms with van der Waals surface area (Å²) in [6, 6.07) is 18.5. The number of carbonyl (C=O) groups excluding carboxylic acids is 3. The summed E-state index contributed by atoms with van der Waals surface area (Å²) in [6.45, 7) is 1.43. The van der Waals surface area contributed by atoms with E-state index in [0.717, 1.165) is 25.7 Å². The number of benzene rings is 2. The number of nitrogens with one attached hydrogen (secondary N) is 2. The highest BCUT2D eigenvalue weighted by Gasteiger charge is 2.35. The zero-order valence-corrected chi connectivity index (χ0v) is 18.5. The number of nitrogens with zero attached hydrogens (tertiary/aromatic N) is 1. The van der Waals surface area contributed by atoms with E-state index < -0.39 is 11.9 Å².